The lowest BCUT2D eigenvalue weighted by Crippen LogP contribution is -2.08. The molecular formula is C15H25NO2. The Balaban J connectivity index is 1.67. The third kappa shape index (κ3) is 4.46. The summed E-state index contributed by atoms with van der Waals surface area (Å²) in [6.07, 6.45) is 10.0. The minimum atomic E-state index is 0.611. The average Bonchev–Trinajstić information content (AvgIpc) is 2.65. The number of nitrogens with one attached hydrogen (secondary N) is 1. The Bertz CT molecular complexity index is 327. The van der Waals surface area contributed by atoms with Gasteiger partial charge in [-0.1, -0.05) is 25.7 Å². The summed E-state index contributed by atoms with van der Waals surface area (Å²) in [5.74, 6) is 1.70. The van der Waals surface area contributed by atoms with Crippen molar-refractivity contribution >= 4 is 0 Å². The molecule has 3 heteroatoms. The van der Waals surface area contributed by atoms with Crippen LogP contribution in [0.25, 0.3) is 0 Å². The lowest BCUT2D eigenvalue weighted by Gasteiger charge is -2.13. The Morgan fingerprint density at radius 2 is 2.06 bits per heavy atom. The van der Waals surface area contributed by atoms with E-state index in [1.807, 2.05) is 7.05 Å². The van der Waals surface area contributed by atoms with E-state index in [1.54, 1.807) is 6.26 Å². The first-order chi connectivity index (χ1) is 8.88. The van der Waals surface area contributed by atoms with Crippen LogP contribution in [0.5, 0.6) is 0 Å². The zero-order chi connectivity index (χ0) is 12.6. The summed E-state index contributed by atoms with van der Waals surface area (Å²) in [5, 5.41) is 3.11. The van der Waals surface area contributed by atoms with Gasteiger partial charge in [0.1, 0.15) is 12.4 Å². The summed E-state index contributed by atoms with van der Waals surface area (Å²) in [5.41, 5.74) is 1.19. The third-order valence-corrected chi connectivity index (χ3v) is 3.66. The second-order valence-corrected chi connectivity index (χ2v) is 5.32. The molecule has 1 aliphatic rings. The summed E-state index contributed by atoms with van der Waals surface area (Å²) < 4.78 is 11.3. The molecule has 0 spiro atoms. The van der Waals surface area contributed by atoms with Crippen LogP contribution in [-0.4, -0.2) is 13.7 Å². The fourth-order valence-corrected chi connectivity index (χ4v) is 2.66. The van der Waals surface area contributed by atoms with Gasteiger partial charge in [-0.05, 0) is 31.9 Å². The van der Waals surface area contributed by atoms with Crippen molar-refractivity contribution in [1.29, 1.82) is 0 Å². The number of rotatable bonds is 6. The van der Waals surface area contributed by atoms with Gasteiger partial charge in [-0.2, -0.15) is 0 Å². The highest BCUT2D eigenvalue weighted by Gasteiger charge is 2.12. The Labute approximate surface area is 110 Å². The standard InChI is InChI=1S/C15H25NO2/c1-16-9-14-8-15(18-11-14)12-17-10-13-6-4-2-3-5-7-13/h8,11,13,16H,2-7,9-10,12H2,1H3. The Hall–Kier alpha value is -0.800. The minimum Gasteiger partial charge on any atom is -0.467 e. The summed E-state index contributed by atoms with van der Waals surface area (Å²) in [7, 11) is 1.94. The van der Waals surface area contributed by atoms with Crippen LogP contribution in [-0.2, 0) is 17.9 Å². The smallest absolute Gasteiger partial charge is 0.129 e. The number of hydrogen-bond donors (Lipinski definition) is 1. The molecule has 3 nitrogen and oxygen atoms in total. The molecular weight excluding hydrogens is 226 g/mol. The molecule has 1 aromatic rings. The lowest BCUT2D eigenvalue weighted by molar-refractivity contribution is 0.0708. The lowest BCUT2D eigenvalue weighted by atomic mass is 10.0. The van der Waals surface area contributed by atoms with Crippen molar-refractivity contribution in [2.75, 3.05) is 13.7 Å². The molecule has 1 saturated carbocycles. The number of hydrogen-bond acceptors (Lipinski definition) is 3. The first-order valence-corrected chi connectivity index (χ1v) is 7.17. The molecule has 1 heterocycles. The van der Waals surface area contributed by atoms with Gasteiger partial charge >= 0.3 is 0 Å². The van der Waals surface area contributed by atoms with Gasteiger partial charge in [0.25, 0.3) is 0 Å². The quantitative estimate of drug-likeness (QED) is 0.786. The molecule has 1 aromatic heterocycles. The summed E-state index contributed by atoms with van der Waals surface area (Å²) in [6, 6.07) is 2.07. The van der Waals surface area contributed by atoms with Crippen molar-refractivity contribution in [2.45, 2.75) is 51.7 Å². The Morgan fingerprint density at radius 1 is 1.28 bits per heavy atom. The second-order valence-electron chi connectivity index (χ2n) is 5.32. The van der Waals surface area contributed by atoms with Gasteiger partial charge in [-0.25, -0.2) is 0 Å². The van der Waals surface area contributed by atoms with Crippen molar-refractivity contribution in [2.24, 2.45) is 5.92 Å². The van der Waals surface area contributed by atoms with E-state index in [9.17, 15) is 0 Å². The molecule has 0 radical (unpaired) electrons. The van der Waals surface area contributed by atoms with Crippen LogP contribution >= 0.6 is 0 Å². The highest BCUT2D eigenvalue weighted by molar-refractivity contribution is 5.11. The first-order valence-electron chi connectivity index (χ1n) is 7.17. The number of ether oxygens (including phenoxy) is 1. The van der Waals surface area contributed by atoms with Gasteiger partial charge in [0.15, 0.2) is 0 Å². The van der Waals surface area contributed by atoms with Gasteiger partial charge in [0.05, 0.1) is 6.26 Å². The van der Waals surface area contributed by atoms with Crippen LogP contribution in [0, 0.1) is 5.92 Å². The van der Waals surface area contributed by atoms with Crippen LogP contribution in [0.2, 0.25) is 0 Å². The molecule has 1 N–H and O–H groups in total. The fourth-order valence-electron chi connectivity index (χ4n) is 2.66. The first kappa shape index (κ1) is 13.6. The predicted octanol–water partition coefficient (Wildman–Crippen LogP) is 3.49. The van der Waals surface area contributed by atoms with E-state index < -0.39 is 0 Å². The van der Waals surface area contributed by atoms with Crippen LogP contribution in [0.3, 0.4) is 0 Å². The monoisotopic (exact) mass is 251 g/mol. The fraction of sp³-hybridized carbons (Fsp3) is 0.733. The predicted molar refractivity (Wildman–Crippen MR) is 72.3 cm³/mol. The summed E-state index contributed by atoms with van der Waals surface area (Å²) in [6.45, 7) is 2.36. The van der Waals surface area contributed by atoms with E-state index in [0.29, 0.717) is 6.61 Å². The zero-order valence-corrected chi connectivity index (χ0v) is 11.4. The van der Waals surface area contributed by atoms with Crippen LogP contribution in [0.15, 0.2) is 16.7 Å². The molecule has 102 valence electrons. The van der Waals surface area contributed by atoms with Gasteiger partial charge in [0, 0.05) is 18.7 Å². The van der Waals surface area contributed by atoms with Gasteiger partial charge in [-0.3, -0.25) is 0 Å². The SMILES string of the molecule is CNCc1coc(COCC2CCCCCC2)c1. The second kappa shape index (κ2) is 7.59. The van der Waals surface area contributed by atoms with Crippen LogP contribution in [0.4, 0.5) is 0 Å². The highest BCUT2D eigenvalue weighted by atomic mass is 16.5. The maximum absolute atomic E-state index is 5.79. The van der Waals surface area contributed by atoms with E-state index in [2.05, 4.69) is 11.4 Å². The Morgan fingerprint density at radius 3 is 2.78 bits per heavy atom. The van der Waals surface area contributed by atoms with E-state index >= 15 is 0 Å². The van der Waals surface area contributed by atoms with E-state index in [4.69, 9.17) is 9.15 Å². The third-order valence-electron chi connectivity index (χ3n) is 3.66. The van der Waals surface area contributed by atoms with Crippen molar-refractivity contribution in [3.05, 3.63) is 23.7 Å². The van der Waals surface area contributed by atoms with E-state index in [0.717, 1.165) is 24.8 Å². The summed E-state index contributed by atoms with van der Waals surface area (Å²) in [4.78, 5) is 0. The van der Waals surface area contributed by atoms with Crippen LogP contribution < -0.4 is 5.32 Å². The normalized spacial score (nSPS) is 17.8. The molecule has 0 unspecified atom stereocenters. The zero-order valence-electron chi connectivity index (χ0n) is 11.4. The van der Waals surface area contributed by atoms with Gasteiger partial charge in [-0.15, -0.1) is 0 Å². The Kier molecular flexibility index (Phi) is 5.75. The van der Waals surface area contributed by atoms with E-state index in [-0.39, 0.29) is 0 Å². The molecule has 1 aliphatic carbocycles. The average molecular weight is 251 g/mol. The molecule has 2 rings (SSSR count). The highest BCUT2D eigenvalue weighted by Crippen LogP contribution is 2.23. The molecule has 0 amide bonds. The molecule has 0 aliphatic heterocycles. The van der Waals surface area contributed by atoms with Gasteiger partial charge < -0.3 is 14.5 Å². The molecule has 0 bridgehead atoms. The maximum Gasteiger partial charge on any atom is 0.129 e. The van der Waals surface area contributed by atoms with Crippen LogP contribution in [0.1, 0.15) is 49.8 Å². The largest absolute Gasteiger partial charge is 0.467 e. The molecule has 0 aromatic carbocycles. The van der Waals surface area contributed by atoms with Crippen molar-refractivity contribution < 1.29 is 9.15 Å². The summed E-state index contributed by atoms with van der Waals surface area (Å²) >= 11 is 0. The molecule has 18 heavy (non-hydrogen) atoms. The molecule has 0 saturated heterocycles. The number of furan rings is 1. The molecule has 0 atom stereocenters. The maximum atomic E-state index is 5.79. The minimum absolute atomic E-state index is 0.611. The van der Waals surface area contributed by atoms with Crippen molar-refractivity contribution in [1.82, 2.24) is 5.32 Å². The van der Waals surface area contributed by atoms with Gasteiger partial charge in [0.2, 0.25) is 0 Å². The van der Waals surface area contributed by atoms with E-state index in [1.165, 1.54) is 44.1 Å². The van der Waals surface area contributed by atoms with Crippen molar-refractivity contribution in [3.63, 3.8) is 0 Å². The topological polar surface area (TPSA) is 34.4 Å². The molecule has 1 fully saturated rings. The van der Waals surface area contributed by atoms with Crippen molar-refractivity contribution in [3.8, 4) is 0 Å².